The number of nitrogens with zero attached hydrogens (tertiary/aromatic N) is 1. The number of aromatic nitrogens is 1. The summed E-state index contributed by atoms with van der Waals surface area (Å²) >= 11 is 0. The third-order valence-corrected chi connectivity index (χ3v) is 2.92. The molecule has 2 rings (SSSR count). The highest BCUT2D eigenvalue weighted by molar-refractivity contribution is 5.10. The standard InChI is InChI=1S/C10H16N2O2/c1-10(2-4-13-5-3-10)8-7-12-9(6-11)14-8/h7H,2-6,11H2,1H3. The molecule has 0 aromatic carbocycles. The quantitative estimate of drug-likeness (QED) is 0.772. The van der Waals surface area contributed by atoms with Gasteiger partial charge in [-0.15, -0.1) is 0 Å². The summed E-state index contributed by atoms with van der Waals surface area (Å²) in [7, 11) is 0. The Hall–Kier alpha value is -0.870. The molecule has 0 bridgehead atoms. The van der Waals surface area contributed by atoms with E-state index in [-0.39, 0.29) is 5.41 Å². The first kappa shape index (κ1) is 9.68. The fourth-order valence-corrected chi connectivity index (χ4v) is 1.75. The highest BCUT2D eigenvalue weighted by atomic mass is 16.5. The second kappa shape index (κ2) is 3.71. The molecule has 4 nitrogen and oxygen atoms in total. The monoisotopic (exact) mass is 196 g/mol. The maximum atomic E-state index is 5.58. The summed E-state index contributed by atoms with van der Waals surface area (Å²) in [6.45, 7) is 4.16. The van der Waals surface area contributed by atoms with Gasteiger partial charge in [0.15, 0.2) is 0 Å². The van der Waals surface area contributed by atoms with Gasteiger partial charge in [-0.1, -0.05) is 6.92 Å². The van der Waals surface area contributed by atoms with Crippen molar-refractivity contribution in [1.29, 1.82) is 0 Å². The molecule has 1 aromatic heterocycles. The lowest BCUT2D eigenvalue weighted by Gasteiger charge is -2.30. The van der Waals surface area contributed by atoms with Gasteiger partial charge >= 0.3 is 0 Å². The minimum absolute atomic E-state index is 0.0820. The second-order valence-electron chi connectivity index (χ2n) is 4.00. The topological polar surface area (TPSA) is 61.3 Å². The maximum absolute atomic E-state index is 5.58. The fourth-order valence-electron chi connectivity index (χ4n) is 1.75. The first-order valence-electron chi connectivity index (χ1n) is 4.97. The summed E-state index contributed by atoms with van der Waals surface area (Å²) in [5.41, 5.74) is 5.54. The largest absolute Gasteiger partial charge is 0.444 e. The molecule has 78 valence electrons. The molecule has 1 aliphatic heterocycles. The van der Waals surface area contributed by atoms with Crippen molar-refractivity contribution in [2.45, 2.75) is 31.7 Å². The van der Waals surface area contributed by atoms with Crippen LogP contribution in [0.15, 0.2) is 10.6 Å². The van der Waals surface area contributed by atoms with E-state index in [1.807, 2.05) is 0 Å². The Morgan fingerprint density at radius 1 is 1.50 bits per heavy atom. The summed E-state index contributed by atoms with van der Waals surface area (Å²) in [6, 6.07) is 0. The molecule has 0 saturated carbocycles. The van der Waals surface area contributed by atoms with Crippen LogP contribution in [0.25, 0.3) is 0 Å². The zero-order valence-electron chi connectivity index (χ0n) is 8.45. The predicted molar refractivity (Wildman–Crippen MR) is 51.8 cm³/mol. The zero-order valence-corrected chi connectivity index (χ0v) is 8.45. The van der Waals surface area contributed by atoms with Gasteiger partial charge in [0.1, 0.15) is 5.76 Å². The van der Waals surface area contributed by atoms with Crippen LogP contribution in [0.5, 0.6) is 0 Å². The lowest BCUT2D eigenvalue weighted by Crippen LogP contribution is -2.30. The van der Waals surface area contributed by atoms with Crippen LogP contribution in [-0.4, -0.2) is 18.2 Å². The summed E-state index contributed by atoms with van der Waals surface area (Å²) in [6.07, 6.45) is 3.78. The Morgan fingerprint density at radius 2 is 2.21 bits per heavy atom. The van der Waals surface area contributed by atoms with Gasteiger partial charge in [-0.2, -0.15) is 0 Å². The Bertz CT molecular complexity index is 303. The lowest BCUT2D eigenvalue weighted by atomic mass is 9.80. The van der Waals surface area contributed by atoms with E-state index in [2.05, 4.69) is 11.9 Å². The van der Waals surface area contributed by atoms with Crippen molar-refractivity contribution < 1.29 is 9.15 Å². The van der Waals surface area contributed by atoms with Crippen LogP contribution in [0, 0.1) is 0 Å². The molecular weight excluding hydrogens is 180 g/mol. The van der Waals surface area contributed by atoms with Crippen LogP contribution in [0.3, 0.4) is 0 Å². The maximum Gasteiger partial charge on any atom is 0.208 e. The number of oxazole rings is 1. The van der Waals surface area contributed by atoms with E-state index in [1.165, 1.54) is 0 Å². The van der Waals surface area contributed by atoms with Gasteiger partial charge in [-0.25, -0.2) is 4.98 Å². The summed E-state index contributed by atoms with van der Waals surface area (Å²) in [5, 5.41) is 0. The van der Waals surface area contributed by atoms with Crippen molar-refractivity contribution in [2.24, 2.45) is 5.73 Å². The molecule has 2 heterocycles. The number of ether oxygens (including phenoxy) is 1. The van der Waals surface area contributed by atoms with Gasteiger partial charge in [-0.3, -0.25) is 0 Å². The number of rotatable bonds is 2. The number of hydrogen-bond donors (Lipinski definition) is 1. The molecule has 1 saturated heterocycles. The van der Waals surface area contributed by atoms with E-state index in [4.69, 9.17) is 14.9 Å². The van der Waals surface area contributed by atoms with Crippen molar-refractivity contribution in [3.63, 3.8) is 0 Å². The Kier molecular flexibility index (Phi) is 2.56. The van der Waals surface area contributed by atoms with Crippen molar-refractivity contribution in [1.82, 2.24) is 4.98 Å². The SMILES string of the molecule is CC1(c2cnc(CN)o2)CCOCC1. The minimum Gasteiger partial charge on any atom is -0.444 e. The van der Waals surface area contributed by atoms with Crippen molar-refractivity contribution in [3.05, 3.63) is 17.8 Å². The predicted octanol–water partition coefficient (Wildman–Crippen LogP) is 1.20. The van der Waals surface area contributed by atoms with E-state index in [0.717, 1.165) is 31.8 Å². The molecule has 2 N–H and O–H groups in total. The van der Waals surface area contributed by atoms with E-state index >= 15 is 0 Å². The molecule has 0 aliphatic carbocycles. The van der Waals surface area contributed by atoms with Gasteiger partial charge in [0.2, 0.25) is 5.89 Å². The van der Waals surface area contributed by atoms with Crippen molar-refractivity contribution in [3.8, 4) is 0 Å². The van der Waals surface area contributed by atoms with E-state index in [1.54, 1.807) is 6.20 Å². The summed E-state index contributed by atoms with van der Waals surface area (Å²) < 4.78 is 10.9. The average molecular weight is 196 g/mol. The number of hydrogen-bond acceptors (Lipinski definition) is 4. The molecule has 1 fully saturated rings. The molecule has 4 heteroatoms. The van der Waals surface area contributed by atoms with Crippen LogP contribution < -0.4 is 5.73 Å². The third kappa shape index (κ3) is 1.67. The summed E-state index contributed by atoms with van der Waals surface area (Å²) in [4.78, 5) is 4.12. The van der Waals surface area contributed by atoms with Gasteiger partial charge < -0.3 is 14.9 Å². The molecule has 0 spiro atoms. The van der Waals surface area contributed by atoms with Gasteiger partial charge in [0.25, 0.3) is 0 Å². The lowest BCUT2D eigenvalue weighted by molar-refractivity contribution is 0.0485. The van der Waals surface area contributed by atoms with E-state index < -0.39 is 0 Å². The zero-order chi connectivity index (χ0) is 10.0. The Balaban J connectivity index is 2.19. The van der Waals surface area contributed by atoms with Crippen LogP contribution in [0.4, 0.5) is 0 Å². The first-order valence-corrected chi connectivity index (χ1v) is 4.97. The molecular formula is C10H16N2O2. The smallest absolute Gasteiger partial charge is 0.208 e. The molecule has 0 unspecified atom stereocenters. The average Bonchev–Trinajstić information content (AvgIpc) is 2.67. The molecule has 1 aromatic rings. The number of nitrogens with two attached hydrogens (primary N) is 1. The van der Waals surface area contributed by atoms with Gasteiger partial charge in [0, 0.05) is 18.6 Å². The first-order chi connectivity index (χ1) is 6.74. The molecule has 14 heavy (non-hydrogen) atoms. The molecule has 0 radical (unpaired) electrons. The molecule has 0 amide bonds. The molecule has 0 atom stereocenters. The highest BCUT2D eigenvalue weighted by Crippen LogP contribution is 2.34. The summed E-state index contributed by atoms with van der Waals surface area (Å²) in [5.74, 6) is 1.56. The Labute approximate surface area is 83.4 Å². The van der Waals surface area contributed by atoms with Crippen LogP contribution >= 0.6 is 0 Å². The Morgan fingerprint density at radius 3 is 2.79 bits per heavy atom. The van der Waals surface area contributed by atoms with Crippen molar-refractivity contribution >= 4 is 0 Å². The van der Waals surface area contributed by atoms with Gasteiger partial charge in [0.05, 0.1) is 12.7 Å². The van der Waals surface area contributed by atoms with Gasteiger partial charge in [-0.05, 0) is 12.8 Å². The molecule has 1 aliphatic rings. The normalized spacial score (nSPS) is 21.0. The van der Waals surface area contributed by atoms with Crippen LogP contribution in [0.2, 0.25) is 0 Å². The van der Waals surface area contributed by atoms with E-state index in [0.29, 0.717) is 12.4 Å². The van der Waals surface area contributed by atoms with Crippen molar-refractivity contribution in [2.75, 3.05) is 13.2 Å². The van der Waals surface area contributed by atoms with Crippen LogP contribution in [0.1, 0.15) is 31.4 Å². The third-order valence-electron chi connectivity index (χ3n) is 2.92. The fraction of sp³-hybridized carbons (Fsp3) is 0.700. The minimum atomic E-state index is 0.0820. The van der Waals surface area contributed by atoms with Crippen LogP contribution in [-0.2, 0) is 16.7 Å². The van der Waals surface area contributed by atoms with E-state index in [9.17, 15) is 0 Å². The highest BCUT2D eigenvalue weighted by Gasteiger charge is 2.32. The second-order valence-corrected chi connectivity index (χ2v) is 4.00.